The number of hydrogen-bond acceptors (Lipinski definition) is 3. The summed E-state index contributed by atoms with van der Waals surface area (Å²) in [5.74, 6) is -0.143. The van der Waals surface area contributed by atoms with Crippen molar-refractivity contribution in [2.75, 3.05) is 0 Å². The summed E-state index contributed by atoms with van der Waals surface area (Å²) in [4.78, 5) is 11.2. The molecule has 0 aromatic heterocycles. The molecule has 0 spiro atoms. The normalized spacial score (nSPS) is 10.1. The van der Waals surface area contributed by atoms with E-state index in [2.05, 4.69) is 0 Å². The molecule has 0 bridgehead atoms. The highest BCUT2D eigenvalue weighted by molar-refractivity contribution is 7.00. The SMILES string of the molecule is CCC(=O)OC(C)(C)Cc1ccccc1.O=P. The van der Waals surface area contributed by atoms with E-state index >= 15 is 0 Å². The standard InChI is InChI=1S/C13H18O2.HOP/c1-4-12(14)15-13(2,3)10-11-8-6-5-7-9-11;1-2/h5-9H,4,10H2,1-3H3;2H. The second kappa shape index (κ2) is 7.97. The molecule has 0 N–H and O–H groups in total. The van der Waals surface area contributed by atoms with Gasteiger partial charge in [-0.1, -0.05) is 37.3 Å². The molecule has 1 aromatic rings. The van der Waals surface area contributed by atoms with Crippen molar-refractivity contribution in [1.29, 1.82) is 0 Å². The quantitative estimate of drug-likeness (QED) is 0.610. The van der Waals surface area contributed by atoms with Crippen LogP contribution in [0.25, 0.3) is 0 Å². The van der Waals surface area contributed by atoms with E-state index in [1.54, 1.807) is 16.0 Å². The van der Waals surface area contributed by atoms with Gasteiger partial charge in [-0.25, -0.2) is 0 Å². The van der Waals surface area contributed by atoms with Gasteiger partial charge in [-0.15, -0.1) is 0 Å². The second-order valence-electron chi connectivity index (χ2n) is 4.25. The maximum absolute atomic E-state index is 11.2. The third-order valence-electron chi connectivity index (χ3n) is 2.15. The van der Waals surface area contributed by atoms with Crippen molar-refractivity contribution in [2.24, 2.45) is 0 Å². The zero-order valence-corrected chi connectivity index (χ0v) is 11.5. The summed E-state index contributed by atoms with van der Waals surface area (Å²) in [6, 6.07) is 10.1. The minimum absolute atomic E-state index is 0.143. The highest BCUT2D eigenvalue weighted by Gasteiger charge is 2.22. The minimum atomic E-state index is -0.422. The van der Waals surface area contributed by atoms with Crippen molar-refractivity contribution < 1.29 is 14.1 Å². The average molecular weight is 254 g/mol. The topological polar surface area (TPSA) is 43.4 Å². The van der Waals surface area contributed by atoms with Crippen molar-refractivity contribution in [3.63, 3.8) is 0 Å². The lowest BCUT2D eigenvalue weighted by molar-refractivity contribution is -0.155. The molecule has 4 heteroatoms. The first kappa shape index (κ1) is 15.8. The van der Waals surface area contributed by atoms with Crippen LogP contribution < -0.4 is 0 Å². The molecule has 0 heterocycles. The highest BCUT2D eigenvalue weighted by Crippen LogP contribution is 2.17. The Morgan fingerprint density at radius 3 is 2.24 bits per heavy atom. The molecule has 3 nitrogen and oxygen atoms in total. The Morgan fingerprint density at radius 1 is 1.24 bits per heavy atom. The third kappa shape index (κ3) is 6.85. The second-order valence-corrected chi connectivity index (χ2v) is 4.25. The van der Waals surface area contributed by atoms with Gasteiger partial charge in [-0.2, -0.15) is 0 Å². The number of carbonyl (C=O) groups excluding carboxylic acids is 1. The first-order valence-corrected chi connectivity index (χ1v) is 5.90. The van der Waals surface area contributed by atoms with E-state index in [1.165, 1.54) is 5.56 Å². The lowest BCUT2D eigenvalue weighted by atomic mass is 9.98. The van der Waals surface area contributed by atoms with Gasteiger partial charge in [-0.3, -0.25) is 9.36 Å². The largest absolute Gasteiger partial charge is 0.459 e. The summed E-state index contributed by atoms with van der Waals surface area (Å²) < 4.78 is 13.4. The summed E-state index contributed by atoms with van der Waals surface area (Å²) in [6.45, 7) is 5.68. The van der Waals surface area contributed by atoms with E-state index in [0.717, 1.165) is 6.42 Å². The predicted molar refractivity (Wildman–Crippen MR) is 69.6 cm³/mol. The lowest BCUT2D eigenvalue weighted by Gasteiger charge is -2.25. The van der Waals surface area contributed by atoms with Crippen LogP contribution in [0.15, 0.2) is 30.3 Å². The van der Waals surface area contributed by atoms with Crippen LogP contribution in [-0.2, 0) is 20.5 Å². The summed E-state index contributed by atoms with van der Waals surface area (Å²) in [6.07, 6.45) is 1.18. The Kier molecular flexibility index (Phi) is 7.40. The Balaban J connectivity index is 0.00000121. The number of ether oxygens (including phenoxy) is 1. The average Bonchev–Trinajstić information content (AvgIpc) is 2.31. The number of benzene rings is 1. The van der Waals surface area contributed by atoms with Crippen molar-refractivity contribution in [3.8, 4) is 0 Å². The summed E-state index contributed by atoms with van der Waals surface area (Å²) >= 11 is 0. The molecule has 0 saturated carbocycles. The molecular weight excluding hydrogens is 235 g/mol. The van der Waals surface area contributed by atoms with E-state index in [-0.39, 0.29) is 5.97 Å². The molecule has 17 heavy (non-hydrogen) atoms. The fourth-order valence-corrected chi connectivity index (χ4v) is 1.50. The van der Waals surface area contributed by atoms with Crippen LogP contribution in [0.4, 0.5) is 0 Å². The molecule has 0 fully saturated rings. The number of rotatable bonds is 4. The highest BCUT2D eigenvalue weighted by atomic mass is 31.0. The Labute approximate surface area is 105 Å². The fraction of sp³-hybridized carbons (Fsp3) is 0.462. The Bertz CT molecular complexity index is 336. The molecule has 0 aliphatic heterocycles. The van der Waals surface area contributed by atoms with E-state index < -0.39 is 5.60 Å². The van der Waals surface area contributed by atoms with Crippen molar-refractivity contribution in [1.82, 2.24) is 0 Å². The van der Waals surface area contributed by atoms with Crippen LogP contribution in [0.1, 0.15) is 32.8 Å². The lowest BCUT2D eigenvalue weighted by Crippen LogP contribution is -2.30. The molecule has 0 atom stereocenters. The molecule has 0 radical (unpaired) electrons. The summed E-state index contributed by atoms with van der Waals surface area (Å²) in [5, 5.41) is 0. The molecule has 0 saturated heterocycles. The van der Waals surface area contributed by atoms with Gasteiger partial charge in [0, 0.05) is 12.8 Å². The first-order valence-electron chi connectivity index (χ1n) is 5.49. The van der Waals surface area contributed by atoms with Gasteiger partial charge < -0.3 is 4.74 Å². The van der Waals surface area contributed by atoms with Crippen molar-refractivity contribution in [2.45, 2.75) is 39.2 Å². The van der Waals surface area contributed by atoms with Crippen LogP contribution in [0, 0.1) is 0 Å². The maximum atomic E-state index is 11.2. The number of esters is 1. The molecule has 0 unspecified atom stereocenters. The van der Waals surface area contributed by atoms with E-state index in [1.807, 2.05) is 44.2 Å². The molecule has 94 valence electrons. The monoisotopic (exact) mass is 254 g/mol. The minimum Gasteiger partial charge on any atom is -0.459 e. The Morgan fingerprint density at radius 2 is 1.76 bits per heavy atom. The van der Waals surface area contributed by atoms with Gasteiger partial charge >= 0.3 is 5.97 Å². The zero-order valence-electron chi connectivity index (χ0n) is 10.5. The molecule has 0 amide bonds. The van der Waals surface area contributed by atoms with Crippen LogP contribution in [-0.4, -0.2) is 11.6 Å². The van der Waals surface area contributed by atoms with Crippen LogP contribution in [0.3, 0.4) is 0 Å². The smallest absolute Gasteiger partial charge is 0.306 e. The van der Waals surface area contributed by atoms with E-state index in [4.69, 9.17) is 9.30 Å². The molecule has 0 aliphatic rings. The first-order chi connectivity index (χ1) is 8.03. The van der Waals surface area contributed by atoms with E-state index in [9.17, 15) is 4.79 Å². The molecule has 1 rings (SSSR count). The van der Waals surface area contributed by atoms with Crippen LogP contribution in [0.5, 0.6) is 0 Å². The van der Waals surface area contributed by atoms with E-state index in [0.29, 0.717) is 6.42 Å². The molecular formula is C13H19O3P. The van der Waals surface area contributed by atoms with Gasteiger partial charge in [0.2, 0.25) is 0 Å². The zero-order chi connectivity index (χ0) is 13.3. The van der Waals surface area contributed by atoms with Gasteiger partial charge in [0.25, 0.3) is 0 Å². The van der Waals surface area contributed by atoms with Crippen molar-refractivity contribution in [3.05, 3.63) is 35.9 Å². The molecule has 1 aromatic carbocycles. The maximum Gasteiger partial charge on any atom is 0.306 e. The number of hydrogen-bond donors (Lipinski definition) is 0. The number of carbonyl (C=O) groups is 1. The predicted octanol–water partition coefficient (Wildman–Crippen LogP) is 3.44. The summed E-state index contributed by atoms with van der Waals surface area (Å²) in [7, 11) is 1.72. The summed E-state index contributed by atoms with van der Waals surface area (Å²) in [5.41, 5.74) is 0.764. The molecule has 0 aliphatic carbocycles. The Hall–Kier alpha value is -1.21. The van der Waals surface area contributed by atoms with Gasteiger partial charge in [-0.05, 0) is 19.4 Å². The fourth-order valence-electron chi connectivity index (χ4n) is 1.50. The van der Waals surface area contributed by atoms with Crippen LogP contribution in [0.2, 0.25) is 0 Å². The van der Waals surface area contributed by atoms with Crippen LogP contribution >= 0.6 is 9.12 Å². The van der Waals surface area contributed by atoms with Gasteiger partial charge in [0.1, 0.15) is 14.7 Å². The third-order valence-corrected chi connectivity index (χ3v) is 2.15. The van der Waals surface area contributed by atoms with Gasteiger partial charge in [0.05, 0.1) is 0 Å². The van der Waals surface area contributed by atoms with Crippen molar-refractivity contribution >= 4 is 15.1 Å². The van der Waals surface area contributed by atoms with Gasteiger partial charge in [0.15, 0.2) is 0 Å².